The molecule has 2 bridgehead atoms. The molecule has 196 valence electrons. The second-order valence-corrected chi connectivity index (χ2v) is 12.6. The minimum absolute atomic E-state index is 0.215. The summed E-state index contributed by atoms with van der Waals surface area (Å²) < 4.78 is 4.09. The van der Waals surface area contributed by atoms with Gasteiger partial charge in [-0.3, -0.25) is 14.4 Å². The van der Waals surface area contributed by atoms with Gasteiger partial charge in [-0.1, -0.05) is 54.1 Å². The molecule has 2 N–H and O–H groups in total. The van der Waals surface area contributed by atoms with E-state index in [9.17, 15) is 19.5 Å². The third-order valence-corrected chi connectivity index (χ3v) is 10.5. The molecule has 0 radical (unpaired) electrons. The largest absolute Gasteiger partial charge is 0.466 e. The highest BCUT2D eigenvalue weighted by molar-refractivity contribution is 8.02. The number of aliphatic hydroxyl groups is 1. The van der Waals surface area contributed by atoms with Crippen LogP contribution in [0.15, 0.2) is 48.5 Å². The molecule has 3 heterocycles. The van der Waals surface area contributed by atoms with Crippen LogP contribution >= 0.6 is 23.4 Å². The van der Waals surface area contributed by atoms with Crippen LogP contribution in [-0.4, -0.2) is 56.5 Å². The highest BCUT2D eigenvalue weighted by Crippen LogP contribution is 2.72. The molecule has 2 amide bonds. The maximum absolute atomic E-state index is 14.3. The average Bonchev–Trinajstić information content (AvgIpc) is 3.44. The lowest BCUT2D eigenvalue weighted by molar-refractivity contribution is -0.155. The van der Waals surface area contributed by atoms with Crippen LogP contribution < -0.4 is 5.32 Å². The lowest BCUT2D eigenvalue weighted by Gasteiger charge is -2.37. The molecular weight excluding hydrogens is 512 g/mol. The molecule has 0 aromatic heterocycles. The number of hydrogen-bond donors (Lipinski definition) is 2. The van der Waals surface area contributed by atoms with Gasteiger partial charge in [-0.25, -0.2) is 0 Å². The number of ether oxygens (including phenoxy) is 1. The Bertz CT molecular complexity index is 1220. The quantitative estimate of drug-likeness (QED) is 0.505. The van der Waals surface area contributed by atoms with Gasteiger partial charge in [0.25, 0.3) is 0 Å². The summed E-state index contributed by atoms with van der Waals surface area (Å²) >= 11 is 8.00. The second kappa shape index (κ2) is 9.64. The summed E-state index contributed by atoms with van der Waals surface area (Å²) in [6.45, 7) is 5.46. The lowest BCUT2D eigenvalue weighted by atomic mass is 9.66. The fraction of sp³-hybridized carbons (Fsp3) is 0.464. The number of para-hydroxylation sites is 1. The van der Waals surface area contributed by atoms with Crippen molar-refractivity contribution in [2.24, 2.45) is 11.8 Å². The number of rotatable bonds is 7. The minimum Gasteiger partial charge on any atom is -0.466 e. The Balaban J connectivity index is 1.63. The number of likely N-dealkylation sites (tertiary alicyclic amines) is 1. The normalized spacial score (nSPS) is 30.8. The van der Waals surface area contributed by atoms with Gasteiger partial charge in [0.15, 0.2) is 0 Å². The molecular formula is C28H31ClN2O5S. The number of nitrogens with zero attached hydrogens (tertiary/aromatic N) is 1. The van der Waals surface area contributed by atoms with Crippen LogP contribution in [0.25, 0.3) is 0 Å². The van der Waals surface area contributed by atoms with Crippen molar-refractivity contribution in [2.75, 3.05) is 18.5 Å². The number of fused-ring (bicyclic) bond motifs is 1. The third-order valence-electron chi connectivity index (χ3n) is 8.17. The van der Waals surface area contributed by atoms with Crippen LogP contribution in [0.1, 0.15) is 43.9 Å². The van der Waals surface area contributed by atoms with Gasteiger partial charge in [-0.05, 0) is 50.8 Å². The van der Waals surface area contributed by atoms with Crippen molar-refractivity contribution in [2.45, 2.75) is 55.2 Å². The van der Waals surface area contributed by atoms with E-state index in [2.05, 4.69) is 5.32 Å². The molecule has 9 heteroatoms. The Morgan fingerprint density at radius 3 is 2.59 bits per heavy atom. The topological polar surface area (TPSA) is 95.9 Å². The Hall–Kier alpha value is -2.55. The molecule has 5 rings (SSSR count). The Morgan fingerprint density at radius 1 is 1.22 bits per heavy atom. The van der Waals surface area contributed by atoms with Gasteiger partial charge < -0.3 is 20.1 Å². The molecule has 2 aromatic rings. The Labute approximate surface area is 225 Å². The maximum Gasteiger partial charge on any atom is 0.311 e. The zero-order valence-electron chi connectivity index (χ0n) is 21.1. The van der Waals surface area contributed by atoms with Gasteiger partial charge in [-0.2, -0.15) is 0 Å². The summed E-state index contributed by atoms with van der Waals surface area (Å²) in [5.41, 5.74) is 2.01. The lowest BCUT2D eigenvalue weighted by Crippen LogP contribution is -2.52. The standard InChI is InChI=1S/C28H31ClN2O5S/c1-4-36-26(35)21-20-25(34)31(19(15-32)17-10-6-5-7-11-17)23(28(20)14-13-27(21,3)37-28)24(33)30-22-16(2)9-8-12-18(22)29/h5-12,19-21,23,32H,4,13-15H2,1-3H3,(H,30,33)/t19-,20+,21-,23?,27+,28?/m1/s1. The Kier molecular flexibility index (Phi) is 6.79. The van der Waals surface area contributed by atoms with E-state index in [1.54, 1.807) is 24.8 Å². The first kappa shape index (κ1) is 26.1. The van der Waals surface area contributed by atoms with Crippen LogP contribution in [0.5, 0.6) is 0 Å². The molecule has 37 heavy (non-hydrogen) atoms. The first-order chi connectivity index (χ1) is 17.7. The number of aryl methyl sites for hydroxylation is 1. The molecule has 1 spiro atoms. The van der Waals surface area contributed by atoms with E-state index < -0.39 is 39.4 Å². The summed E-state index contributed by atoms with van der Waals surface area (Å²) in [6.07, 6.45) is 1.28. The van der Waals surface area contributed by atoms with Crippen molar-refractivity contribution in [3.05, 3.63) is 64.7 Å². The predicted octanol–water partition coefficient (Wildman–Crippen LogP) is 4.36. The van der Waals surface area contributed by atoms with Crippen molar-refractivity contribution in [3.8, 4) is 0 Å². The van der Waals surface area contributed by atoms with Gasteiger partial charge in [-0.15, -0.1) is 11.8 Å². The van der Waals surface area contributed by atoms with Crippen molar-refractivity contribution in [1.82, 2.24) is 4.90 Å². The van der Waals surface area contributed by atoms with E-state index in [4.69, 9.17) is 16.3 Å². The zero-order valence-corrected chi connectivity index (χ0v) is 22.6. The summed E-state index contributed by atoms with van der Waals surface area (Å²) in [5.74, 6) is -2.47. The number of thioether (sulfide) groups is 1. The number of carbonyl (C=O) groups is 3. The number of aliphatic hydroxyl groups excluding tert-OH is 1. The van der Waals surface area contributed by atoms with Crippen LogP contribution in [0, 0.1) is 18.8 Å². The predicted molar refractivity (Wildman–Crippen MR) is 143 cm³/mol. The van der Waals surface area contributed by atoms with Crippen molar-refractivity contribution < 1.29 is 24.2 Å². The van der Waals surface area contributed by atoms with Crippen molar-refractivity contribution >= 4 is 46.8 Å². The molecule has 3 saturated heterocycles. The Morgan fingerprint density at radius 2 is 1.95 bits per heavy atom. The number of carbonyl (C=O) groups excluding carboxylic acids is 3. The molecule has 3 aliphatic heterocycles. The number of halogens is 1. The second-order valence-electron chi connectivity index (χ2n) is 10.3. The summed E-state index contributed by atoms with van der Waals surface area (Å²) in [4.78, 5) is 43.2. The van der Waals surface area contributed by atoms with Crippen LogP contribution in [-0.2, 0) is 19.1 Å². The molecule has 6 atom stereocenters. The van der Waals surface area contributed by atoms with Gasteiger partial charge in [0.2, 0.25) is 11.8 Å². The fourth-order valence-electron chi connectivity index (χ4n) is 6.60. The maximum atomic E-state index is 14.3. The molecule has 3 fully saturated rings. The van der Waals surface area contributed by atoms with Gasteiger partial charge >= 0.3 is 5.97 Å². The molecule has 3 aliphatic rings. The summed E-state index contributed by atoms with van der Waals surface area (Å²) in [6, 6.07) is 12.9. The average molecular weight is 543 g/mol. The smallest absolute Gasteiger partial charge is 0.311 e. The van der Waals surface area contributed by atoms with E-state index in [0.717, 1.165) is 11.1 Å². The molecule has 2 unspecified atom stereocenters. The van der Waals surface area contributed by atoms with Crippen LogP contribution in [0.3, 0.4) is 0 Å². The van der Waals surface area contributed by atoms with Crippen molar-refractivity contribution in [3.63, 3.8) is 0 Å². The number of benzene rings is 2. The SMILES string of the molecule is CCOC(=O)[C@H]1[C@H]2C(=O)N([C@H](CO)c3ccccc3)C(C(=O)Nc3c(C)cccc3Cl)C23CC[C@]1(C)S3. The van der Waals surface area contributed by atoms with E-state index >= 15 is 0 Å². The molecule has 7 nitrogen and oxygen atoms in total. The van der Waals surface area contributed by atoms with Gasteiger partial charge in [0.05, 0.1) is 46.5 Å². The number of esters is 1. The fourth-order valence-corrected chi connectivity index (χ4v) is 9.20. The summed E-state index contributed by atoms with van der Waals surface area (Å²) in [7, 11) is 0. The van der Waals surface area contributed by atoms with Crippen molar-refractivity contribution in [1.29, 1.82) is 0 Å². The number of anilines is 1. The monoisotopic (exact) mass is 542 g/mol. The van der Waals surface area contributed by atoms with Gasteiger partial charge in [0.1, 0.15) is 6.04 Å². The first-order valence-corrected chi connectivity index (χ1v) is 13.8. The van der Waals surface area contributed by atoms with Crippen LogP contribution in [0.4, 0.5) is 5.69 Å². The minimum atomic E-state index is -0.913. The summed E-state index contributed by atoms with van der Waals surface area (Å²) in [5, 5.41) is 13.9. The van der Waals surface area contributed by atoms with E-state index in [1.165, 1.54) is 4.90 Å². The van der Waals surface area contributed by atoms with Gasteiger partial charge in [0, 0.05) is 4.75 Å². The number of amides is 2. The number of hydrogen-bond acceptors (Lipinski definition) is 6. The molecule has 0 saturated carbocycles. The number of nitrogens with one attached hydrogen (secondary N) is 1. The van der Waals surface area contributed by atoms with Crippen LogP contribution in [0.2, 0.25) is 5.02 Å². The van der Waals surface area contributed by atoms with E-state index in [-0.39, 0.29) is 25.0 Å². The van der Waals surface area contributed by atoms with E-state index in [0.29, 0.717) is 23.6 Å². The molecule has 2 aromatic carbocycles. The molecule has 0 aliphatic carbocycles. The first-order valence-electron chi connectivity index (χ1n) is 12.6. The highest BCUT2D eigenvalue weighted by Gasteiger charge is 2.78. The zero-order chi connectivity index (χ0) is 26.5. The van der Waals surface area contributed by atoms with E-state index in [1.807, 2.05) is 56.3 Å². The third kappa shape index (κ3) is 3.96. The highest BCUT2D eigenvalue weighted by atomic mass is 35.5.